The van der Waals surface area contributed by atoms with Crippen molar-refractivity contribution >= 4 is 28.2 Å². The third kappa shape index (κ3) is 2.87. The lowest BCUT2D eigenvalue weighted by atomic mass is 9.82. The molecule has 1 fully saturated rings. The number of nitrogens with zero attached hydrogens (tertiary/aromatic N) is 1. The van der Waals surface area contributed by atoms with E-state index in [4.69, 9.17) is 11.6 Å². The van der Waals surface area contributed by atoms with E-state index in [1.54, 1.807) is 0 Å². The molecule has 1 aliphatic carbocycles. The topological polar surface area (TPSA) is 24.9 Å². The standard InChI is InChI=1S/C18H23ClN2/c1-3-13-7-4-5-9-16(13)21-18-14-8-6-10-20-17(14)12(2)11-15(18)19/h6,8,10-11,13,16,21H,3-5,7,9H2,1-2H3. The van der Waals surface area contributed by atoms with Gasteiger partial charge in [0.25, 0.3) is 0 Å². The van der Waals surface area contributed by atoms with Gasteiger partial charge in [-0.15, -0.1) is 0 Å². The Morgan fingerprint density at radius 3 is 2.95 bits per heavy atom. The molecule has 112 valence electrons. The number of aromatic nitrogens is 1. The highest BCUT2D eigenvalue weighted by Crippen LogP contribution is 2.36. The van der Waals surface area contributed by atoms with Crippen LogP contribution in [0.5, 0.6) is 0 Å². The number of pyridine rings is 1. The van der Waals surface area contributed by atoms with Gasteiger partial charge in [-0.25, -0.2) is 0 Å². The molecule has 2 aromatic rings. The quantitative estimate of drug-likeness (QED) is 0.801. The number of halogens is 1. The second kappa shape index (κ2) is 6.23. The lowest BCUT2D eigenvalue weighted by Crippen LogP contribution is -2.32. The van der Waals surface area contributed by atoms with E-state index in [9.17, 15) is 0 Å². The van der Waals surface area contributed by atoms with Crippen LogP contribution in [0.15, 0.2) is 24.4 Å². The van der Waals surface area contributed by atoms with Gasteiger partial charge < -0.3 is 5.32 Å². The Bertz CT molecular complexity index is 638. The summed E-state index contributed by atoms with van der Waals surface area (Å²) in [6.45, 7) is 4.36. The fraction of sp³-hybridized carbons (Fsp3) is 0.500. The van der Waals surface area contributed by atoms with E-state index in [0.717, 1.165) is 33.1 Å². The molecule has 1 aromatic heterocycles. The van der Waals surface area contributed by atoms with Crippen LogP contribution in [-0.2, 0) is 0 Å². The summed E-state index contributed by atoms with van der Waals surface area (Å²) in [6, 6.07) is 6.67. The van der Waals surface area contributed by atoms with E-state index < -0.39 is 0 Å². The lowest BCUT2D eigenvalue weighted by molar-refractivity contribution is 0.317. The Hall–Kier alpha value is -1.28. The molecule has 2 unspecified atom stereocenters. The summed E-state index contributed by atoms with van der Waals surface area (Å²) >= 11 is 6.53. The van der Waals surface area contributed by atoms with Crippen LogP contribution in [0, 0.1) is 12.8 Å². The average Bonchev–Trinajstić information content (AvgIpc) is 2.52. The van der Waals surface area contributed by atoms with Crippen LogP contribution in [0.2, 0.25) is 5.02 Å². The van der Waals surface area contributed by atoms with Gasteiger partial charge in [-0.05, 0) is 49.4 Å². The van der Waals surface area contributed by atoms with Crippen molar-refractivity contribution < 1.29 is 0 Å². The Labute approximate surface area is 131 Å². The largest absolute Gasteiger partial charge is 0.380 e. The first-order valence-corrected chi connectivity index (χ1v) is 8.39. The molecule has 21 heavy (non-hydrogen) atoms. The molecule has 0 saturated heterocycles. The van der Waals surface area contributed by atoms with Gasteiger partial charge in [0, 0.05) is 17.6 Å². The second-order valence-electron chi connectivity index (χ2n) is 6.15. The van der Waals surface area contributed by atoms with Crippen LogP contribution in [0.4, 0.5) is 5.69 Å². The van der Waals surface area contributed by atoms with Gasteiger partial charge in [-0.1, -0.05) is 37.8 Å². The van der Waals surface area contributed by atoms with Crippen molar-refractivity contribution in [1.82, 2.24) is 4.98 Å². The number of rotatable bonds is 3. The van der Waals surface area contributed by atoms with Crippen LogP contribution in [0.25, 0.3) is 10.9 Å². The smallest absolute Gasteiger partial charge is 0.0752 e. The third-order valence-corrected chi connectivity index (χ3v) is 5.09. The fourth-order valence-corrected chi connectivity index (χ4v) is 3.92. The molecule has 0 spiro atoms. The molecule has 0 aliphatic heterocycles. The van der Waals surface area contributed by atoms with E-state index in [-0.39, 0.29) is 0 Å². The van der Waals surface area contributed by atoms with Gasteiger partial charge >= 0.3 is 0 Å². The first-order valence-electron chi connectivity index (χ1n) is 8.01. The molecule has 1 heterocycles. The minimum absolute atomic E-state index is 0.535. The number of fused-ring (bicyclic) bond motifs is 1. The number of aryl methyl sites for hydroxylation is 1. The van der Waals surface area contributed by atoms with Crippen LogP contribution in [0.1, 0.15) is 44.6 Å². The van der Waals surface area contributed by atoms with Crippen molar-refractivity contribution in [1.29, 1.82) is 0 Å². The highest BCUT2D eigenvalue weighted by Gasteiger charge is 2.24. The van der Waals surface area contributed by atoms with Crippen LogP contribution in [-0.4, -0.2) is 11.0 Å². The summed E-state index contributed by atoms with van der Waals surface area (Å²) in [5.41, 5.74) is 3.25. The third-order valence-electron chi connectivity index (χ3n) is 4.80. The maximum absolute atomic E-state index is 6.53. The highest BCUT2D eigenvalue weighted by atomic mass is 35.5. The second-order valence-corrected chi connectivity index (χ2v) is 6.56. The van der Waals surface area contributed by atoms with Crippen molar-refractivity contribution in [3.05, 3.63) is 35.0 Å². The number of benzene rings is 1. The van der Waals surface area contributed by atoms with Crippen molar-refractivity contribution in [3.8, 4) is 0 Å². The van der Waals surface area contributed by atoms with E-state index in [1.165, 1.54) is 32.1 Å². The molecule has 1 N–H and O–H groups in total. The molecule has 1 saturated carbocycles. The van der Waals surface area contributed by atoms with Crippen molar-refractivity contribution in [2.75, 3.05) is 5.32 Å². The van der Waals surface area contributed by atoms with Crippen LogP contribution in [0.3, 0.4) is 0 Å². The van der Waals surface area contributed by atoms with Crippen LogP contribution < -0.4 is 5.32 Å². The summed E-state index contributed by atoms with van der Waals surface area (Å²) in [5.74, 6) is 0.753. The predicted octanol–water partition coefficient (Wildman–Crippen LogP) is 5.58. The normalized spacial score (nSPS) is 22.4. The zero-order chi connectivity index (χ0) is 14.8. The number of hydrogen-bond acceptors (Lipinski definition) is 2. The van der Waals surface area contributed by atoms with E-state index in [1.807, 2.05) is 18.3 Å². The summed E-state index contributed by atoms with van der Waals surface area (Å²) < 4.78 is 0. The van der Waals surface area contributed by atoms with Crippen molar-refractivity contribution in [2.24, 2.45) is 5.92 Å². The minimum Gasteiger partial charge on any atom is -0.380 e. The molecule has 0 amide bonds. The molecule has 0 bridgehead atoms. The Balaban J connectivity index is 2.00. The van der Waals surface area contributed by atoms with Gasteiger partial charge in [0.2, 0.25) is 0 Å². The number of nitrogens with one attached hydrogen (secondary N) is 1. The molecule has 3 heteroatoms. The van der Waals surface area contributed by atoms with Gasteiger partial charge in [0.15, 0.2) is 0 Å². The van der Waals surface area contributed by atoms with Gasteiger partial charge in [-0.3, -0.25) is 4.98 Å². The lowest BCUT2D eigenvalue weighted by Gasteiger charge is -2.33. The molecule has 3 rings (SSSR count). The molecule has 2 nitrogen and oxygen atoms in total. The predicted molar refractivity (Wildman–Crippen MR) is 91.1 cm³/mol. The van der Waals surface area contributed by atoms with Gasteiger partial charge in [0.05, 0.1) is 16.2 Å². The zero-order valence-corrected chi connectivity index (χ0v) is 13.6. The molecule has 1 aromatic carbocycles. The van der Waals surface area contributed by atoms with Gasteiger partial charge in [-0.2, -0.15) is 0 Å². The summed E-state index contributed by atoms with van der Waals surface area (Å²) in [4.78, 5) is 4.52. The maximum Gasteiger partial charge on any atom is 0.0752 e. The van der Waals surface area contributed by atoms with Crippen molar-refractivity contribution in [3.63, 3.8) is 0 Å². The summed E-state index contributed by atoms with van der Waals surface area (Å²) in [6.07, 6.45) is 8.33. The Morgan fingerprint density at radius 1 is 1.33 bits per heavy atom. The maximum atomic E-state index is 6.53. The first-order chi connectivity index (χ1) is 10.2. The van der Waals surface area contributed by atoms with E-state index in [0.29, 0.717) is 6.04 Å². The van der Waals surface area contributed by atoms with E-state index >= 15 is 0 Å². The monoisotopic (exact) mass is 302 g/mol. The van der Waals surface area contributed by atoms with Crippen molar-refractivity contribution in [2.45, 2.75) is 52.0 Å². The molecule has 1 aliphatic rings. The number of anilines is 1. The first kappa shape index (κ1) is 14.6. The molecule has 2 atom stereocenters. The molecular formula is C18H23ClN2. The van der Waals surface area contributed by atoms with Gasteiger partial charge in [0.1, 0.15) is 0 Å². The Morgan fingerprint density at radius 2 is 2.14 bits per heavy atom. The fourth-order valence-electron chi connectivity index (χ4n) is 3.60. The Kier molecular flexibility index (Phi) is 4.34. The van der Waals surface area contributed by atoms with Crippen LogP contribution >= 0.6 is 11.6 Å². The highest BCUT2D eigenvalue weighted by molar-refractivity contribution is 6.35. The SMILES string of the molecule is CCC1CCCCC1Nc1c(Cl)cc(C)c2ncccc12. The minimum atomic E-state index is 0.535. The summed E-state index contributed by atoms with van der Waals surface area (Å²) in [7, 11) is 0. The zero-order valence-electron chi connectivity index (χ0n) is 12.8. The molecular weight excluding hydrogens is 280 g/mol. The molecule has 0 radical (unpaired) electrons. The summed E-state index contributed by atoms with van der Waals surface area (Å²) in [5, 5.41) is 5.70. The van der Waals surface area contributed by atoms with E-state index in [2.05, 4.69) is 30.2 Å². The number of hydrogen-bond donors (Lipinski definition) is 1. The average molecular weight is 303 g/mol.